The van der Waals surface area contributed by atoms with E-state index >= 15 is 0 Å². The average Bonchev–Trinajstić information content (AvgIpc) is 2.84. The summed E-state index contributed by atoms with van der Waals surface area (Å²) in [7, 11) is 0. The van der Waals surface area contributed by atoms with Crippen LogP contribution >= 0.6 is 34.8 Å². The van der Waals surface area contributed by atoms with Crippen molar-refractivity contribution >= 4 is 46.5 Å². The molecule has 0 bridgehead atoms. The van der Waals surface area contributed by atoms with E-state index in [0.29, 0.717) is 22.9 Å². The van der Waals surface area contributed by atoms with Gasteiger partial charge in [-0.2, -0.15) is 5.10 Å². The second kappa shape index (κ2) is 5.82. The highest BCUT2D eigenvalue weighted by Gasteiger charge is 2.14. The number of rotatable bonds is 3. The number of anilines is 1. The lowest BCUT2D eigenvalue weighted by molar-refractivity contribution is -0.115. The van der Waals surface area contributed by atoms with E-state index in [4.69, 9.17) is 34.8 Å². The Morgan fingerprint density at radius 2 is 2.00 bits per heavy atom. The first-order valence-electron chi connectivity index (χ1n) is 5.52. The summed E-state index contributed by atoms with van der Waals surface area (Å²) in [6, 6.07) is 4.98. The van der Waals surface area contributed by atoms with Crippen molar-refractivity contribution in [2.24, 2.45) is 0 Å². The molecule has 2 aromatic rings. The maximum atomic E-state index is 11.4. The maximum Gasteiger partial charge on any atom is 0.225 e. The van der Waals surface area contributed by atoms with Gasteiger partial charge >= 0.3 is 0 Å². The zero-order chi connectivity index (χ0) is 14.0. The van der Waals surface area contributed by atoms with Crippen LogP contribution in [0.2, 0.25) is 15.1 Å². The summed E-state index contributed by atoms with van der Waals surface area (Å²) in [4.78, 5) is 11.4. The predicted octanol–water partition coefficient (Wildman–Crippen LogP) is 4.18. The Bertz CT molecular complexity index is 625. The second-order valence-electron chi connectivity index (χ2n) is 3.72. The number of carbonyl (C=O) groups is 1. The summed E-state index contributed by atoms with van der Waals surface area (Å²) in [5.74, 6) is 0.407. The first-order chi connectivity index (χ1) is 9.04. The SMILES string of the molecule is CCC(=O)Nc1ccnn1-c1ccc(Cl)c(Cl)c1Cl. The van der Waals surface area contributed by atoms with E-state index in [1.165, 1.54) is 4.68 Å². The Hall–Kier alpha value is -1.23. The van der Waals surface area contributed by atoms with Gasteiger partial charge in [-0.15, -0.1) is 0 Å². The van der Waals surface area contributed by atoms with Crippen LogP contribution in [0.1, 0.15) is 13.3 Å². The molecule has 0 aliphatic heterocycles. The summed E-state index contributed by atoms with van der Waals surface area (Å²) in [6.07, 6.45) is 1.93. The van der Waals surface area contributed by atoms with Crippen molar-refractivity contribution in [3.63, 3.8) is 0 Å². The Labute approximate surface area is 125 Å². The number of carbonyl (C=O) groups excluding carboxylic acids is 1. The second-order valence-corrected chi connectivity index (χ2v) is 4.89. The van der Waals surface area contributed by atoms with Crippen LogP contribution in [0, 0.1) is 0 Å². The fourth-order valence-corrected chi connectivity index (χ4v) is 2.11. The molecule has 0 saturated carbocycles. The lowest BCUT2D eigenvalue weighted by Gasteiger charge is -2.11. The molecule has 0 saturated heterocycles. The third-order valence-electron chi connectivity index (χ3n) is 2.47. The molecule has 7 heteroatoms. The number of aromatic nitrogens is 2. The first-order valence-corrected chi connectivity index (χ1v) is 6.65. The fourth-order valence-electron chi connectivity index (χ4n) is 1.50. The molecular weight excluding hydrogens is 309 g/mol. The Kier molecular flexibility index (Phi) is 4.34. The van der Waals surface area contributed by atoms with Crippen LogP contribution in [0.4, 0.5) is 5.82 Å². The van der Waals surface area contributed by atoms with Crippen molar-refractivity contribution in [1.82, 2.24) is 9.78 Å². The van der Waals surface area contributed by atoms with Gasteiger partial charge in [0, 0.05) is 12.5 Å². The third kappa shape index (κ3) is 2.86. The van der Waals surface area contributed by atoms with Gasteiger partial charge in [-0.25, -0.2) is 4.68 Å². The Balaban J connectivity index is 2.46. The molecule has 4 nitrogen and oxygen atoms in total. The van der Waals surface area contributed by atoms with Crippen LogP contribution in [-0.4, -0.2) is 15.7 Å². The summed E-state index contributed by atoms with van der Waals surface area (Å²) in [5, 5.41) is 7.75. The zero-order valence-electron chi connectivity index (χ0n) is 9.95. The molecule has 0 unspecified atom stereocenters. The van der Waals surface area contributed by atoms with Gasteiger partial charge < -0.3 is 5.32 Å². The highest BCUT2D eigenvalue weighted by atomic mass is 35.5. The van der Waals surface area contributed by atoms with Gasteiger partial charge in [0.2, 0.25) is 5.91 Å². The van der Waals surface area contributed by atoms with Gasteiger partial charge in [-0.3, -0.25) is 4.79 Å². The average molecular weight is 319 g/mol. The number of amides is 1. The smallest absolute Gasteiger partial charge is 0.225 e. The van der Waals surface area contributed by atoms with Crippen LogP contribution < -0.4 is 5.32 Å². The molecule has 100 valence electrons. The molecule has 1 N–H and O–H groups in total. The number of halogens is 3. The monoisotopic (exact) mass is 317 g/mol. The zero-order valence-corrected chi connectivity index (χ0v) is 12.2. The van der Waals surface area contributed by atoms with Crippen molar-refractivity contribution in [3.05, 3.63) is 39.5 Å². The van der Waals surface area contributed by atoms with E-state index in [-0.39, 0.29) is 16.0 Å². The van der Waals surface area contributed by atoms with E-state index in [1.807, 2.05) is 0 Å². The molecule has 0 aliphatic rings. The molecule has 2 rings (SSSR count). The molecule has 1 heterocycles. The number of hydrogen-bond acceptors (Lipinski definition) is 2. The van der Waals surface area contributed by atoms with E-state index in [0.717, 1.165) is 0 Å². The number of nitrogens with one attached hydrogen (secondary N) is 1. The molecule has 0 atom stereocenters. The van der Waals surface area contributed by atoms with Gasteiger partial charge in [0.15, 0.2) is 0 Å². The standard InChI is InChI=1S/C12H10Cl3N3O/c1-2-10(19)17-9-5-6-16-18(9)8-4-3-7(13)11(14)12(8)15/h3-6H,2H2,1H3,(H,17,19). The van der Waals surface area contributed by atoms with Gasteiger partial charge in [0.25, 0.3) is 0 Å². The summed E-state index contributed by atoms with van der Waals surface area (Å²) in [5.41, 5.74) is 0.549. The molecule has 1 amide bonds. The lowest BCUT2D eigenvalue weighted by atomic mass is 10.3. The topological polar surface area (TPSA) is 46.9 Å². The molecule has 0 aliphatic carbocycles. The van der Waals surface area contributed by atoms with Crippen molar-refractivity contribution in [1.29, 1.82) is 0 Å². The third-order valence-corrected chi connectivity index (χ3v) is 3.76. The molecular formula is C12H10Cl3N3O. The fraction of sp³-hybridized carbons (Fsp3) is 0.167. The first kappa shape index (κ1) is 14.2. The minimum atomic E-state index is -0.113. The maximum absolute atomic E-state index is 11.4. The summed E-state index contributed by atoms with van der Waals surface area (Å²) < 4.78 is 1.50. The molecule has 0 radical (unpaired) electrons. The van der Waals surface area contributed by atoms with E-state index in [1.54, 1.807) is 31.3 Å². The predicted molar refractivity (Wildman–Crippen MR) is 77.5 cm³/mol. The lowest BCUT2D eigenvalue weighted by Crippen LogP contribution is -2.13. The summed E-state index contributed by atoms with van der Waals surface area (Å²) >= 11 is 18.0. The number of benzene rings is 1. The van der Waals surface area contributed by atoms with Crippen molar-refractivity contribution in [2.75, 3.05) is 5.32 Å². The van der Waals surface area contributed by atoms with Crippen molar-refractivity contribution < 1.29 is 4.79 Å². The largest absolute Gasteiger partial charge is 0.311 e. The Morgan fingerprint density at radius 1 is 1.26 bits per heavy atom. The highest BCUT2D eigenvalue weighted by Crippen LogP contribution is 2.35. The van der Waals surface area contributed by atoms with Crippen LogP contribution in [0.25, 0.3) is 5.69 Å². The van der Waals surface area contributed by atoms with Gasteiger partial charge in [0.1, 0.15) is 5.82 Å². The van der Waals surface area contributed by atoms with Crippen LogP contribution in [0.5, 0.6) is 0 Å². The summed E-state index contributed by atoms with van der Waals surface area (Å²) in [6.45, 7) is 1.77. The van der Waals surface area contributed by atoms with Gasteiger partial charge in [-0.1, -0.05) is 41.7 Å². The minimum absolute atomic E-state index is 0.113. The molecule has 0 spiro atoms. The minimum Gasteiger partial charge on any atom is -0.311 e. The van der Waals surface area contributed by atoms with Crippen LogP contribution in [0.15, 0.2) is 24.4 Å². The number of hydrogen-bond donors (Lipinski definition) is 1. The molecule has 0 fully saturated rings. The Morgan fingerprint density at radius 3 is 2.68 bits per heavy atom. The molecule has 1 aromatic carbocycles. The normalized spacial score (nSPS) is 10.5. The van der Waals surface area contributed by atoms with Crippen molar-refractivity contribution in [2.45, 2.75) is 13.3 Å². The number of nitrogens with zero attached hydrogens (tertiary/aromatic N) is 2. The van der Waals surface area contributed by atoms with Gasteiger partial charge in [-0.05, 0) is 12.1 Å². The highest BCUT2D eigenvalue weighted by molar-refractivity contribution is 6.48. The van der Waals surface area contributed by atoms with E-state index < -0.39 is 0 Å². The van der Waals surface area contributed by atoms with E-state index in [2.05, 4.69) is 10.4 Å². The quantitative estimate of drug-likeness (QED) is 0.863. The van der Waals surface area contributed by atoms with Crippen LogP contribution in [0.3, 0.4) is 0 Å². The van der Waals surface area contributed by atoms with Crippen LogP contribution in [-0.2, 0) is 4.79 Å². The molecule has 19 heavy (non-hydrogen) atoms. The van der Waals surface area contributed by atoms with Gasteiger partial charge in [0.05, 0.1) is 27.0 Å². The van der Waals surface area contributed by atoms with E-state index in [9.17, 15) is 4.79 Å². The molecule has 1 aromatic heterocycles. The van der Waals surface area contributed by atoms with Crippen molar-refractivity contribution in [3.8, 4) is 5.69 Å².